The van der Waals surface area contributed by atoms with Crippen molar-refractivity contribution < 1.29 is 17.5 Å². The van der Waals surface area contributed by atoms with Gasteiger partial charge in [-0.1, -0.05) is 146 Å². The third kappa shape index (κ3) is 4.15. The lowest BCUT2D eigenvalue weighted by atomic mass is 10.1. The van der Waals surface area contributed by atoms with Crippen LogP contribution in [0.5, 0.6) is 0 Å². The summed E-state index contributed by atoms with van der Waals surface area (Å²) in [4.78, 5) is 0.0299. The third-order valence-electron chi connectivity index (χ3n) is 7.97. The Morgan fingerprint density at radius 2 is 0.628 bits per heavy atom. The summed E-state index contributed by atoms with van der Waals surface area (Å²) in [5.74, 6) is 0. The Hall–Kier alpha value is -4.27. The average molecular weight is 617 g/mol. The van der Waals surface area contributed by atoms with Gasteiger partial charge in [-0.15, -0.1) is 0 Å². The maximum Gasteiger partial charge on any atom is 0.209 e. The smallest absolute Gasteiger partial charge is 0.209 e. The van der Waals surface area contributed by atoms with Crippen LogP contribution in [0, 0.1) is 0 Å². The van der Waals surface area contributed by atoms with Crippen molar-refractivity contribution >= 4 is 55.9 Å². The van der Waals surface area contributed by atoms with Crippen LogP contribution in [0.1, 0.15) is 0 Å². The van der Waals surface area contributed by atoms with Crippen molar-refractivity contribution in [2.75, 3.05) is 0 Å². The molecule has 6 aromatic carbocycles. The molecule has 6 aromatic rings. The molecule has 1 heterocycles. The molecular weight excluding hydrogens is 590 g/mol. The van der Waals surface area contributed by atoms with Crippen LogP contribution >= 0.6 is 14.3 Å². The molecule has 7 rings (SSSR count). The number of hydrogen-bond donors (Lipinski definition) is 0. The predicted molar refractivity (Wildman–Crippen MR) is 176 cm³/mol. The molecule has 43 heavy (non-hydrogen) atoms. The van der Waals surface area contributed by atoms with Crippen molar-refractivity contribution in [2.24, 2.45) is 0 Å². The van der Waals surface area contributed by atoms with Crippen LogP contribution in [-0.4, -0.2) is 8.42 Å². The monoisotopic (exact) mass is 616 g/mol. The highest BCUT2D eigenvalue weighted by atomic mass is 32.2. The van der Waals surface area contributed by atoms with Gasteiger partial charge in [-0.25, -0.2) is 8.42 Å². The summed E-state index contributed by atoms with van der Waals surface area (Å²) < 4.78 is 60.6. The first-order valence-corrected chi connectivity index (χ1v) is 18.7. The maximum atomic E-state index is 15.4. The van der Waals surface area contributed by atoms with Gasteiger partial charge >= 0.3 is 0 Å². The Morgan fingerprint density at radius 1 is 0.349 bits per heavy atom. The molecule has 0 atom stereocenters. The van der Waals surface area contributed by atoms with Gasteiger partial charge in [0.1, 0.15) is 0 Å². The van der Waals surface area contributed by atoms with Gasteiger partial charge in [0.05, 0.1) is 9.79 Å². The molecular formula is C36H26O4P2S. The van der Waals surface area contributed by atoms with E-state index in [0.717, 1.165) is 0 Å². The largest absolute Gasteiger partial charge is 0.309 e. The van der Waals surface area contributed by atoms with Crippen LogP contribution in [0.25, 0.3) is 11.1 Å². The van der Waals surface area contributed by atoms with Gasteiger partial charge < -0.3 is 9.13 Å². The minimum absolute atomic E-state index is 0.0150. The van der Waals surface area contributed by atoms with Crippen molar-refractivity contribution in [3.63, 3.8) is 0 Å². The lowest BCUT2D eigenvalue weighted by Gasteiger charge is -2.23. The molecule has 1 aliphatic rings. The zero-order chi connectivity index (χ0) is 29.7. The molecule has 4 nitrogen and oxygen atoms in total. The number of fused-ring (bicyclic) bond motifs is 3. The number of hydrogen-bond acceptors (Lipinski definition) is 4. The van der Waals surface area contributed by atoms with Crippen molar-refractivity contribution in [3.05, 3.63) is 158 Å². The van der Waals surface area contributed by atoms with Crippen molar-refractivity contribution in [1.29, 1.82) is 0 Å². The Kier molecular flexibility index (Phi) is 6.71. The maximum absolute atomic E-state index is 15.4. The summed E-state index contributed by atoms with van der Waals surface area (Å²) in [7, 11) is -11.6. The molecule has 0 N–H and O–H groups in total. The normalized spacial score (nSPS) is 13.7. The highest BCUT2D eigenvalue weighted by molar-refractivity contribution is 7.95. The minimum Gasteiger partial charge on any atom is -0.309 e. The van der Waals surface area contributed by atoms with Crippen molar-refractivity contribution in [2.45, 2.75) is 9.79 Å². The van der Waals surface area contributed by atoms with Crippen LogP contribution in [-0.2, 0) is 19.0 Å². The van der Waals surface area contributed by atoms with Gasteiger partial charge in [0, 0.05) is 43.0 Å². The lowest BCUT2D eigenvalue weighted by Crippen LogP contribution is -2.30. The number of sulfone groups is 1. The van der Waals surface area contributed by atoms with Gasteiger partial charge in [0.2, 0.25) is 9.84 Å². The average Bonchev–Trinajstić information content (AvgIpc) is 3.32. The quantitative estimate of drug-likeness (QED) is 0.222. The fourth-order valence-electron chi connectivity index (χ4n) is 6.04. The molecule has 0 saturated carbocycles. The van der Waals surface area contributed by atoms with E-state index in [1.54, 1.807) is 84.9 Å². The first-order valence-electron chi connectivity index (χ1n) is 13.8. The molecule has 7 heteroatoms. The van der Waals surface area contributed by atoms with Crippen LogP contribution in [0.3, 0.4) is 0 Å². The van der Waals surface area contributed by atoms with E-state index in [-0.39, 0.29) is 20.4 Å². The summed E-state index contributed by atoms with van der Waals surface area (Å²) in [5, 5.41) is 2.67. The summed E-state index contributed by atoms with van der Waals surface area (Å²) in [6.45, 7) is 0. The molecule has 0 fully saturated rings. The van der Waals surface area contributed by atoms with E-state index in [0.29, 0.717) is 32.3 Å². The van der Waals surface area contributed by atoms with E-state index in [2.05, 4.69) is 0 Å². The van der Waals surface area contributed by atoms with Gasteiger partial charge in [0.15, 0.2) is 14.3 Å². The van der Waals surface area contributed by atoms with Crippen LogP contribution in [0.15, 0.2) is 168 Å². The molecule has 0 aromatic heterocycles. The van der Waals surface area contributed by atoms with E-state index < -0.39 is 24.1 Å². The predicted octanol–water partition coefficient (Wildman–Crippen LogP) is 5.78. The second-order valence-corrected chi connectivity index (χ2v) is 17.7. The number of rotatable bonds is 6. The third-order valence-corrected chi connectivity index (χ3v) is 16.4. The van der Waals surface area contributed by atoms with Crippen LogP contribution in [0.4, 0.5) is 0 Å². The zero-order valence-electron chi connectivity index (χ0n) is 22.9. The van der Waals surface area contributed by atoms with Gasteiger partial charge in [-0.3, -0.25) is 0 Å². The second kappa shape index (κ2) is 10.5. The SMILES string of the molecule is O=P(c1ccccc1)(c1ccccc1)c1cccc2c1S(=O)(=O)c1c-2cccc1P(=O)(c1ccccc1)c1ccccc1. The van der Waals surface area contributed by atoms with E-state index in [4.69, 9.17) is 0 Å². The van der Waals surface area contributed by atoms with Gasteiger partial charge in [0.25, 0.3) is 0 Å². The minimum atomic E-state index is -4.27. The molecule has 1 aliphatic heterocycles. The Balaban J connectivity index is 1.55. The Bertz CT molecular complexity index is 1940. The van der Waals surface area contributed by atoms with Crippen LogP contribution < -0.4 is 31.8 Å². The van der Waals surface area contributed by atoms with E-state index >= 15 is 9.13 Å². The Labute approximate surface area is 251 Å². The summed E-state index contributed by atoms with van der Waals surface area (Å²) >= 11 is 0. The summed E-state index contributed by atoms with van der Waals surface area (Å²) in [6, 6.07) is 46.5. The molecule has 0 aliphatic carbocycles. The molecule has 0 bridgehead atoms. The molecule has 0 spiro atoms. The van der Waals surface area contributed by atoms with Crippen LogP contribution in [0.2, 0.25) is 0 Å². The van der Waals surface area contributed by atoms with Crippen molar-refractivity contribution in [3.8, 4) is 11.1 Å². The Morgan fingerprint density at radius 3 is 0.907 bits per heavy atom. The standard InChI is InChI=1S/C36H26O4P2S/c37-41(27-15-5-1-6-16-27,28-17-7-2-8-18-28)33-25-13-23-31-32-24-14-26-34(36(32)43(39,40)35(31)33)42(38,29-19-9-3-10-20-29)30-21-11-4-12-22-30/h1-26H. The topological polar surface area (TPSA) is 68.3 Å². The molecule has 0 radical (unpaired) electrons. The first kappa shape index (κ1) is 27.6. The molecule has 0 amide bonds. The molecule has 210 valence electrons. The first-order chi connectivity index (χ1) is 20.9. The zero-order valence-corrected chi connectivity index (χ0v) is 25.6. The van der Waals surface area contributed by atoms with E-state index in [9.17, 15) is 8.42 Å². The lowest BCUT2D eigenvalue weighted by molar-refractivity contribution is 0.589. The fraction of sp³-hybridized carbons (Fsp3) is 0. The molecule has 0 saturated heterocycles. The highest BCUT2D eigenvalue weighted by Crippen LogP contribution is 2.53. The molecule has 0 unspecified atom stereocenters. The van der Waals surface area contributed by atoms with E-state index in [1.165, 1.54) is 0 Å². The van der Waals surface area contributed by atoms with Gasteiger partial charge in [-0.05, 0) is 12.1 Å². The second-order valence-electron chi connectivity index (χ2n) is 10.4. The summed E-state index contributed by atoms with van der Waals surface area (Å²) in [5.41, 5.74) is 0.934. The summed E-state index contributed by atoms with van der Waals surface area (Å²) in [6.07, 6.45) is 0. The van der Waals surface area contributed by atoms with E-state index in [1.807, 2.05) is 72.8 Å². The highest BCUT2D eigenvalue weighted by Gasteiger charge is 2.46. The number of benzene rings is 6. The van der Waals surface area contributed by atoms with Crippen molar-refractivity contribution in [1.82, 2.24) is 0 Å². The van der Waals surface area contributed by atoms with Gasteiger partial charge in [-0.2, -0.15) is 0 Å². The fourth-order valence-corrected chi connectivity index (χ4v) is 14.8.